The number of pyridine rings is 1. The summed E-state index contributed by atoms with van der Waals surface area (Å²) < 4.78 is 1.85. The molecule has 7 heteroatoms. The number of carbonyl (C=O) groups excluding carboxylic acids is 1. The Bertz CT molecular complexity index is 1020. The van der Waals surface area contributed by atoms with Gasteiger partial charge >= 0.3 is 0 Å². The topological polar surface area (TPSA) is 76.8 Å². The fraction of sp³-hybridized carbons (Fsp3) is 0.458. The van der Waals surface area contributed by atoms with E-state index >= 15 is 0 Å². The van der Waals surface area contributed by atoms with Crippen LogP contribution in [-0.4, -0.2) is 42.1 Å². The molecule has 31 heavy (non-hydrogen) atoms. The molecule has 0 saturated carbocycles. The van der Waals surface area contributed by atoms with E-state index in [9.17, 15) is 4.79 Å². The van der Waals surface area contributed by atoms with Crippen molar-refractivity contribution < 1.29 is 4.79 Å². The third-order valence-electron chi connectivity index (χ3n) is 5.75. The Morgan fingerprint density at radius 2 is 1.97 bits per heavy atom. The Balaban J connectivity index is 1.72. The number of rotatable bonds is 7. The van der Waals surface area contributed by atoms with Gasteiger partial charge in [-0.05, 0) is 49.8 Å². The van der Waals surface area contributed by atoms with Crippen LogP contribution in [0.1, 0.15) is 73.9 Å². The average Bonchev–Trinajstić information content (AvgIpc) is 3.28. The SMILES string of the molecule is CCCc1ncc(-c2ccncc2)c([C@H]2CCCCN2C(=O)c2cnn(CCC)c2)n1. The number of piperidine rings is 1. The molecule has 0 bridgehead atoms. The van der Waals surface area contributed by atoms with Gasteiger partial charge in [0.15, 0.2) is 0 Å². The minimum atomic E-state index is -0.0717. The van der Waals surface area contributed by atoms with Crippen molar-refractivity contribution in [3.63, 3.8) is 0 Å². The molecular formula is C24H30N6O. The Kier molecular flexibility index (Phi) is 6.70. The molecule has 0 N–H and O–H groups in total. The van der Waals surface area contributed by atoms with Crippen LogP contribution in [0.4, 0.5) is 0 Å². The maximum absolute atomic E-state index is 13.5. The molecule has 1 saturated heterocycles. The highest BCUT2D eigenvalue weighted by molar-refractivity contribution is 5.94. The van der Waals surface area contributed by atoms with Crippen LogP contribution in [0, 0.1) is 0 Å². The van der Waals surface area contributed by atoms with Crippen LogP contribution in [0.15, 0.2) is 43.1 Å². The van der Waals surface area contributed by atoms with Gasteiger partial charge in [-0.25, -0.2) is 9.97 Å². The summed E-state index contributed by atoms with van der Waals surface area (Å²) in [4.78, 5) is 29.2. The van der Waals surface area contributed by atoms with E-state index in [2.05, 4.69) is 28.9 Å². The highest BCUT2D eigenvalue weighted by atomic mass is 16.2. The molecule has 0 radical (unpaired) electrons. The third-order valence-corrected chi connectivity index (χ3v) is 5.75. The number of hydrogen-bond donors (Lipinski definition) is 0. The number of amides is 1. The van der Waals surface area contributed by atoms with Crippen LogP contribution < -0.4 is 0 Å². The summed E-state index contributed by atoms with van der Waals surface area (Å²) in [7, 11) is 0. The Hall–Kier alpha value is -3.09. The van der Waals surface area contributed by atoms with Gasteiger partial charge in [-0.3, -0.25) is 14.5 Å². The van der Waals surface area contributed by atoms with Gasteiger partial charge in [0, 0.05) is 49.9 Å². The second-order valence-corrected chi connectivity index (χ2v) is 8.07. The molecule has 0 aromatic carbocycles. The highest BCUT2D eigenvalue weighted by Gasteiger charge is 2.32. The zero-order chi connectivity index (χ0) is 21.6. The quantitative estimate of drug-likeness (QED) is 0.566. The van der Waals surface area contributed by atoms with Gasteiger partial charge in [-0.1, -0.05) is 13.8 Å². The Morgan fingerprint density at radius 1 is 1.13 bits per heavy atom. The predicted octanol–water partition coefficient (Wildman–Crippen LogP) is 4.47. The van der Waals surface area contributed by atoms with Crippen molar-refractivity contribution in [2.24, 2.45) is 0 Å². The zero-order valence-corrected chi connectivity index (χ0v) is 18.4. The van der Waals surface area contributed by atoms with Crippen molar-refractivity contribution in [1.29, 1.82) is 0 Å². The summed E-state index contributed by atoms with van der Waals surface area (Å²) in [6.07, 6.45) is 14.8. The largest absolute Gasteiger partial charge is 0.330 e. The van der Waals surface area contributed by atoms with Crippen LogP contribution >= 0.6 is 0 Å². The lowest BCUT2D eigenvalue weighted by atomic mass is 9.93. The summed E-state index contributed by atoms with van der Waals surface area (Å²) >= 11 is 0. The molecule has 7 nitrogen and oxygen atoms in total. The van der Waals surface area contributed by atoms with Crippen LogP contribution in [0.3, 0.4) is 0 Å². The smallest absolute Gasteiger partial charge is 0.257 e. The molecule has 0 aliphatic carbocycles. The minimum Gasteiger partial charge on any atom is -0.330 e. The summed E-state index contributed by atoms with van der Waals surface area (Å²) in [6.45, 7) is 5.78. The van der Waals surface area contributed by atoms with Crippen molar-refractivity contribution in [2.75, 3.05) is 6.54 Å². The van der Waals surface area contributed by atoms with E-state index in [4.69, 9.17) is 4.98 Å². The fourth-order valence-electron chi connectivity index (χ4n) is 4.24. The molecule has 3 aromatic heterocycles. The minimum absolute atomic E-state index is 0.0309. The molecule has 1 fully saturated rings. The first-order chi connectivity index (χ1) is 15.2. The highest BCUT2D eigenvalue weighted by Crippen LogP contribution is 2.36. The average molecular weight is 419 g/mol. The summed E-state index contributed by atoms with van der Waals surface area (Å²) in [6, 6.07) is 3.88. The maximum atomic E-state index is 13.5. The van der Waals surface area contributed by atoms with Crippen molar-refractivity contribution in [1.82, 2.24) is 29.6 Å². The molecular weight excluding hydrogens is 388 g/mol. The summed E-state index contributed by atoms with van der Waals surface area (Å²) in [5.74, 6) is 0.868. The van der Waals surface area contributed by atoms with E-state index in [1.807, 2.05) is 34.1 Å². The number of likely N-dealkylation sites (tertiary alicyclic amines) is 1. The van der Waals surface area contributed by atoms with Crippen LogP contribution in [-0.2, 0) is 13.0 Å². The second-order valence-electron chi connectivity index (χ2n) is 8.07. The zero-order valence-electron chi connectivity index (χ0n) is 18.4. The monoisotopic (exact) mass is 418 g/mol. The van der Waals surface area contributed by atoms with Gasteiger partial charge in [-0.15, -0.1) is 0 Å². The molecule has 0 spiro atoms. The molecule has 3 aromatic rings. The van der Waals surface area contributed by atoms with Gasteiger partial charge in [-0.2, -0.15) is 5.10 Å². The number of hydrogen-bond acceptors (Lipinski definition) is 5. The van der Waals surface area contributed by atoms with Gasteiger partial charge < -0.3 is 4.90 Å². The van der Waals surface area contributed by atoms with E-state index < -0.39 is 0 Å². The molecule has 1 atom stereocenters. The number of nitrogens with zero attached hydrogens (tertiary/aromatic N) is 6. The summed E-state index contributed by atoms with van der Waals surface area (Å²) in [5.41, 5.74) is 3.60. The predicted molar refractivity (Wildman–Crippen MR) is 119 cm³/mol. The first-order valence-electron chi connectivity index (χ1n) is 11.3. The number of carbonyl (C=O) groups is 1. The van der Waals surface area contributed by atoms with Gasteiger partial charge in [0.05, 0.1) is 23.5 Å². The van der Waals surface area contributed by atoms with E-state index in [-0.39, 0.29) is 11.9 Å². The normalized spacial score (nSPS) is 16.5. The first-order valence-corrected chi connectivity index (χ1v) is 11.3. The molecule has 1 aliphatic heterocycles. The van der Waals surface area contributed by atoms with Crippen molar-refractivity contribution >= 4 is 5.91 Å². The standard InChI is InChI=1S/C24H30N6O/c1-3-7-22-26-16-20(18-9-11-25-12-10-18)23(28-22)21-8-5-6-14-30(21)24(31)19-15-27-29(17-19)13-4-2/h9-12,15-17,21H,3-8,13-14H2,1-2H3/t21-/m1/s1. The van der Waals surface area contributed by atoms with E-state index in [1.54, 1.807) is 18.6 Å². The van der Waals surface area contributed by atoms with Crippen LogP contribution in [0.2, 0.25) is 0 Å². The fourth-order valence-corrected chi connectivity index (χ4v) is 4.24. The lowest BCUT2D eigenvalue weighted by Crippen LogP contribution is -2.39. The van der Waals surface area contributed by atoms with E-state index in [0.717, 1.165) is 74.3 Å². The molecule has 1 aliphatic rings. The summed E-state index contributed by atoms with van der Waals surface area (Å²) in [5, 5.41) is 4.36. The Labute approximate surface area is 183 Å². The van der Waals surface area contributed by atoms with E-state index in [0.29, 0.717) is 5.56 Å². The second kappa shape index (κ2) is 9.81. The lowest BCUT2D eigenvalue weighted by Gasteiger charge is -2.36. The maximum Gasteiger partial charge on any atom is 0.257 e. The molecule has 4 heterocycles. The number of aryl methyl sites for hydroxylation is 2. The molecule has 162 valence electrons. The number of aromatic nitrogens is 5. The van der Waals surface area contributed by atoms with Gasteiger partial charge in [0.1, 0.15) is 5.82 Å². The third kappa shape index (κ3) is 4.65. The van der Waals surface area contributed by atoms with Crippen LogP contribution in [0.25, 0.3) is 11.1 Å². The van der Waals surface area contributed by atoms with Crippen molar-refractivity contribution in [3.8, 4) is 11.1 Å². The molecule has 1 amide bonds. The van der Waals surface area contributed by atoms with Crippen molar-refractivity contribution in [2.45, 2.75) is 65.0 Å². The van der Waals surface area contributed by atoms with E-state index in [1.165, 1.54) is 0 Å². The van der Waals surface area contributed by atoms with Gasteiger partial charge in [0.2, 0.25) is 0 Å². The lowest BCUT2D eigenvalue weighted by molar-refractivity contribution is 0.0606. The molecule has 4 rings (SSSR count). The Morgan fingerprint density at radius 3 is 2.74 bits per heavy atom. The molecule has 0 unspecified atom stereocenters. The first kappa shape index (κ1) is 21.2. The van der Waals surface area contributed by atoms with Gasteiger partial charge in [0.25, 0.3) is 5.91 Å². The van der Waals surface area contributed by atoms with Crippen LogP contribution in [0.5, 0.6) is 0 Å². The van der Waals surface area contributed by atoms with Crippen molar-refractivity contribution in [3.05, 3.63) is 60.2 Å².